The number of rotatable bonds is 3. The minimum atomic E-state index is -4.18. The lowest BCUT2D eigenvalue weighted by Crippen LogP contribution is -2.44. The molecular formula is C18H14BrN3O4S. The monoisotopic (exact) mass is 447 g/mol. The molecule has 0 bridgehead atoms. The molecule has 2 aromatic rings. The van der Waals surface area contributed by atoms with E-state index in [2.05, 4.69) is 20.7 Å². The fraction of sp³-hybridized carbons (Fsp3) is 0.167. The van der Waals surface area contributed by atoms with Gasteiger partial charge in [-0.05, 0) is 29.8 Å². The maximum absolute atomic E-state index is 12.7. The van der Waals surface area contributed by atoms with E-state index in [0.717, 1.165) is 0 Å². The molecule has 1 heterocycles. The van der Waals surface area contributed by atoms with Crippen LogP contribution >= 0.6 is 15.9 Å². The van der Waals surface area contributed by atoms with Crippen LogP contribution in [0.1, 0.15) is 27.4 Å². The summed E-state index contributed by atoms with van der Waals surface area (Å²) in [4.78, 5) is 26.2. The average molecular weight is 448 g/mol. The molecule has 7 nitrogen and oxygen atoms in total. The Morgan fingerprint density at radius 2 is 2.00 bits per heavy atom. The predicted octanol–water partition coefficient (Wildman–Crippen LogP) is 2.00. The second-order valence-corrected chi connectivity index (χ2v) is 8.68. The van der Waals surface area contributed by atoms with Crippen molar-refractivity contribution >= 4 is 37.8 Å². The summed E-state index contributed by atoms with van der Waals surface area (Å²) in [5, 5.41) is 9.01. The Morgan fingerprint density at radius 3 is 2.70 bits per heavy atom. The van der Waals surface area contributed by atoms with Crippen LogP contribution in [0.2, 0.25) is 0 Å². The topological polar surface area (TPSA) is 107 Å². The lowest BCUT2D eigenvalue weighted by Gasteiger charge is -2.30. The quantitative estimate of drug-likeness (QED) is 0.773. The van der Waals surface area contributed by atoms with Crippen LogP contribution in [0.5, 0.6) is 0 Å². The van der Waals surface area contributed by atoms with E-state index >= 15 is 0 Å². The van der Waals surface area contributed by atoms with Gasteiger partial charge in [-0.1, -0.05) is 34.1 Å². The Bertz CT molecular complexity index is 1090. The van der Waals surface area contributed by atoms with Crippen molar-refractivity contribution in [3.63, 3.8) is 0 Å². The Hall–Kier alpha value is -2.70. The number of likely N-dealkylation sites (N-methyl/N-ethyl adjacent to an activating group) is 1. The van der Waals surface area contributed by atoms with Crippen LogP contribution < -0.4 is 4.72 Å². The molecule has 0 fully saturated rings. The molecule has 1 atom stereocenters. The lowest BCUT2D eigenvalue weighted by molar-refractivity contribution is -0.121. The highest BCUT2D eigenvalue weighted by Gasteiger charge is 2.35. The molecule has 0 spiro atoms. The molecule has 1 N–H and O–H groups in total. The Labute approximate surface area is 164 Å². The van der Waals surface area contributed by atoms with Crippen LogP contribution in [-0.4, -0.2) is 38.7 Å². The summed E-state index contributed by atoms with van der Waals surface area (Å²) >= 11 is 3.15. The molecule has 0 aliphatic carbocycles. The van der Waals surface area contributed by atoms with E-state index in [0.29, 0.717) is 15.6 Å². The van der Waals surface area contributed by atoms with Gasteiger partial charge < -0.3 is 4.90 Å². The Kier molecular flexibility index (Phi) is 5.04. The first kappa shape index (κ1) is 19.1. The number of carbonyl (C=O) groups excluding carboxylic acids is 2. The third-order valence-corrected chi connectivity index (χ3v) is 6.02. The van der Waals surface area contributed by atoms with Gasteiger partial charge in [-0.2, -0.15) is 5.26 Å². The van der Waals surface area contributed by atoms with Crippen molar-refractivity contribution in [1.29, 1.82) is 5.26 Å². The average Bonchev–Trinajstić information content (AvgIpc) is 2.63. The second-order valence-electron chi connectivity index (χ2n) is 6.08. The highest BCUT2D eigenvalue weighted by molar-refractivity contribution is 9.10. The molecule has 0 radical (unpaired) electrons. The molecule has 9 heteroatoms. The number of carbonyl (C=O) groups is 2. The highest BCUT2D eigenvalue weighted by atomic mass is 79.9. The summed E-state index contributed by atoms with van der Waals surface area (Å²) in [6.45, 7) is 0.0686. The predicted molar refractivity (Wildman–Crippen MR) is 100 cm³/mol. The van der Waals surface area contributed by atoms with E-state index in [4.69, 9.17) is 5.26 Å². The molecule has 138 valence electrons. The molecular weight excluding hydrogens is 434 g/mol. The maximum atomic E-state index is 12.7. The van der Waals surface area contributed by atoms with Crippen molar-refractivity contribution in [2.75, 3.05) is 13.6 Å². The van der Waals surface area contributed by atoms with Gasteiger partial charge in [0.15, 0.2) is 0 Å². The number of benzene rings is 2. The molecule has 1 aliphatic rings. The standard InChI is InChI=1S/C18H14BrN3O4S/c1-22-10-16(14-4-2-3-5-15(14)18(22)24)17(23)21-27(25,26)13-7-11(9-20)6-12(19)8-13/h2-8,16H,10H2,1H3,(H,21,23). The van der Waals surface area contributed by atoms with E-state index < -0.39 is 21.8 Å². The van der Waals surface area contributed by atoms with Gasteiger partial charge in [0.2, 0.25) is 5.91 Å². The van der Waals surface area contributed by atoms with Crippen molar-refractivity contribution in [1.82, 2.24) is 9.62 Å². The maximum Gasteiger partial charge on any atom is 0.264 e. The molecule has 1 unspecified atom stereocenters. The number of nitrogens with one attached hydrogen (secondary N) is 1. The fourth-order valence-electron chi connectivity index (χ4n) is 2.93. The molecule has 0 saturated carbocycles. The third-order valence-electron chi connectivity index (χ3n) is 4.23. The van der Waals surface area contributed by atoms with Crippen LogP contribution in [0.15, 0.2) is 51.8 Å². The summed E-state index contributed by atoms with van der Waals surface area (Å²) in [5.41, 5.74) is 1.00. The first-order valence-corrected chi connectivity index (χ1v) is 10.1. The zero-order chi connectivity index (χ0) is 19.8. The minimum Gasteiger partial charge on any atom is -0.341 e. The normalized spacial score (nSPS) is 16.4. The highest BCUT2D eigenvalue weighted by Crippen LogP contribution is 2.28. The second kappa shape index (κ2) is 7.13. The molecule has 2 amide bonds. The van der Waals surface area contributed by atoms with Gasteiger partial charge in [0.05, 0.1) is 22.4 Å². The van der Waals surface area contributed by atoms with Crippen molar-refractivity contribution < 1.29 is 18.0 Å². The van der Waals surface area contributed by atoms with Crippen LogP contribution in [0.3, 0.4) is 0 Å². The van der Waals surface area contributed by atoms with Gasteiger partial charge in [-0.3, -0.25) is 9.59 Å². The van der Waals surface area contributed by atoms with Gasteiger partial charge in [0, 0.05) is 23.6 Å². The van der Waals surface area contributed by atoms with Gasteiger partial charge in [0.1, 0.15) is 0 Å². The van der Waals surface area contributed by atoms with Gasteiger partial charge >= 0.3 is 0 Å². The Morgan fingerprint density at radius 1 is 1.30 bits per heavy atom. The summed E-state index contributed by atoms with van der Waals surface area (Å²) in [5.74, 6) is -1.77. The van der Waals surface area contributed by atoms with Crippen LogP contribution in [-0.2, 0) is 14.8 Å². The molecule has 2 aromatic carbocycles. The lowest BCUT2D eigenvalue weighted by atomic mass is 9.89. The molecule has 3 rings (SSSR count). The summed E-state index contributed by atoms with van der Waals surface area (Å²) in [6, 6.07) is 12.5. The molecule has 0 saturated heterocycles. The number of amides is 2. The van der Waals surface area contributed by atoms with Crippen LogP contribution in [0.25, 0.3) is 0 Å². The van der Waals surface area contributed by atoms with E-state index in [1.165, 1.54) is 23.1 Å². The smallest absolute Gasteiger partial charge is 0.264 e. The van der Waals surface area contributed by atoms with E-state index in [1.54, 1.807) is 31.3 Å². The van der Waals surface area contributed by atoms with Gasteiger partial charge in [-0.15, -0.1) is 0 Å². The third kappa shape index (κ3) is 3.72. The van der Waals surface area contributed by atoms with Crippen molar-refractivity contribution in [3.05, 3.63) is 63.6 Å². The zero-order valence-electron chi connectivity index (χ0n) is 14.1. The number of halogens is 1. The number of nitriles is 1. The fourth-order valence-corrected chi connectivity index (χ4v) is 4.66. The summed E-state index contributed by atoms with van der Waals surface area (Å²) in [7, 11) is -2.63. The number of fused-ring (bicyclic) bond motifs is 1. The largest absolute Gasteiger partial charge is 0.341 e. The number of nitrogens with zero attached hydrogens (tertiary/aromatic N) is 2. The van der Waals surface area contributed by atoms with Gasteiger partial charge in [-0.25, -0.2) is 13.1 Å². The van der Waals surface area contributed by atoms with Crippen LogP contribution in [0.4, 0.5) is 0 Å². The first-order chi connectivity index (χ1) is 12.7. The first-order valence-electron chi connectivity index (χ1n) is 7.84. The van der Waals surface area contributed by atoms with E-state index in [9.17, 15) is 18.0 Å². The van der Waals surface area contributed by atoms with Crippen molar-refractivity contribution in [3.8, 4) is 6.07 Å². The van der Waals surface area contributed by atoms with Crippen LogP contribution in [0, 0.1) is 11.3 Å². The number of hydrogen-bond acceptors (Lipinski definition) is 5. The molecule has 0 aromatic heterocycles. The molecule has 1 aliphatic heterocycles. The van der Waals surface area contributed by atoms with Gasteiger partial charge in [0.25, 0.3) is 15.9 Å². The van der Waals surface area contributed by atoms with Crippen molar-refractivity contribution in [2.24, 2.45) is 0 Å². The Balaban J connectivity index is 1.94. The van der Waals surface area contributed by atoms with E-state index in [-0.39, 0.29) is 22.9 Å². The summed E-state index contributed by atoms with van der Waals surface area (Å²) < 4.78 is 27.7. The summed E-state index contributed by atoms with van der Waals surface area (Å²) in [6.07, 6.45) is 0. The molecule has 27 heavy (non-hydrogen) atoms. The van der Waals surface area contributed by atoms with E-state index in [1.807, 2.05) is 6.07 Å². The zero-order valence-corrected chi connectivity index (χ0v) is 16.5. The minimum absolute atomic E-state index is 0.0686. The number of sulfonamides is 1. The SMILES string of the molecule is CN1CC(C(=O)NS(=O)(=O)c2cc(Br)cc(C#N)c2)c2ccccc2C1=O. The number of hydrogen-bond donors (Lipinski definition) is 1. The van der Waals surface area contributed by atoms with Crippen molar-refractivity contribution in [2.45, 2.75) is 10.8 Å².